The van der Waals surface area contributed by atoms with Crippen LogP contribution in [-0.2, 0) is 5.75 Å². The molecule has 0 radical (unpaired) electrons. The van der Waals surface area contributed by atoms with E-state index in [1.165, 1.54) is 16.4 Å². The Bertz CT molecular complexity index is 771. The summed E-state index contributed by atoms with van der Waals surface area (Å²) in [7, 11) is 0. The third-order valence-corrected chi connectivity index (χ3v) is 4.00. The molecular formula is C12H11ClN6OS. The summed E-state index contributed by atoms with van der Waals surface area (Å²) >= 11 is 7.47. The zero-order valence-electron chi connectivity index (χ0n) is 11.0. The molecule has 0 aliphatic heterocycles. The Morgan fingerprint density at radius 3 is 2.86 bits per heavy atom. The second-order valence-electron chi connectivity index (χ2n) is 4.18. The normalized spacial score (nSPS) is 11.0. The molecule has 2 heterocycles. The highest BCUT2D eigenvalue weighted by atomic mass is 35.5. The number of aryl methyl sites for hydroxylation is 1. The number of thioether (sulfide) groups is 1. The lowest BCUT2D eigenvalue weighted by Gasteiger charge is -1.98. The minimum Gasteiger partial charge on any atom is -0.338 e. The van der Waals surface area contributed by atoms with Crippen molar-refractivity contribution in [1.29, 1.82) is 0 Å². The van der Waals surface area contributed by atoms with Gasteiger partial charge in [0.15, 0.2) is 0 Å². The highest BCUT2D eigenvalue weighted by Gasteiger charge is 2.13. The summed E-state index contributed by atoms with van der Waals surface area (Å²) in [6, 6.07) is 7.33. The Kier molecular flexibility index (Phi) is 3.80. The molecule has 2 aromatic heterocycles. The quantitative estimate of drug-likeness (QED) is 0.581. The van der Waals surface area contributed by atoms with Crippen molar-refractivity contribution >= 4 is 23.4 Å². The van der Waals surface area contributed by atoms with E-state index in [1.54, 1.807) is 13.0 Å². The van der Waals surface area contributed by atoms with Gasteiger partial charge in [0.25, 0.3) is 0 Å². The van der Waals surface area contributed by atoms with Gasteiger partial charge in [0.1, 0.15) is 5.82 Å². The van der Waals surface area contributed by atoms with Crippen LogP contribution in [0, 0.1) is 6.92 Å². The smallest absolute Gasteiger partial charge is 0.237 e. The molecule has 0 aliphatic rings. The lowest BCUT2D eigenvalue weighted by atomic mass is 10.2. The van der Waals surface area contributed by atoms with Crippen LogP contribution in [0.1, 0.15) is 11.7 Å². The van der Waals surface area contributed by atoms with Crippen molar-refractivity contribution in [2.45, 2.75) is 17.8 Å². The number of halogens is 1. The van der Waals surface area contributed by atoms with Crippen LogP contribution in [0.2, 0.25) is 5.02 Å². The van der Waals surface area contributed by atoms with Gasteiger partial charge < -0.3 is 10.4 Å². The van der Waals surface area contributed by atoms with Crippen molar-refractivity contribution in [2.75, 3.05) is 5.84 Å². The first-order valence-corrected chi connectivity index (χ1v) is 7.39. The fraction of sp³-hybridized carbons (Fsp3) is 0.167. The molecule has 0 saturated heterocycles. The van der Waals surface area contributed by atoms with Gasteiger partial charge in [0, 0.05) is 5.56 Å². The van der Waals surface area contributed by atoms with Crippen LogP contribution in [-0.4, -0.2) is 25.0 Å². The number of hydrogen-bond acceptors (Lipinski definition) is 7. The van der Waals surface area contributed by atoms with Gasteiger partial charge >= 0.3 is 0 Å². The van der Waals surface area contributed by atoms with E-state index in [9.17, 15) is 0 Å². The number of nitrogen functional groups attached to an aromatic ring is 1. The lowest BCUT2D eigenvalue weighted by Crippen LogP contribution is -2.11. The predicted octanol–water partition coefficient (Wildman–Crippen LogP) is 2.30. The van der Waals surface area contributed by atoms with E-state index < -0.39 is 0 Å². The standard InChI is InChI=1S/C12H11ClN6OS/c1-7-16-17-12(19(7)14)21-6-10-15-11(18-20-10)8-4-2-3-5-9(8)13/h2-5H,6,14H2,1H3. The van der Waals surface area contributed by atoms with Crippen LogP contribution in [0.25, 0.3) is 11.4 Å². The predicted molar refractivity (Wildman–Crippen MR) is 79.2 cm³/mol. The largest absolute Gasteiger partial charge is 0.338 e. The van der Waals surface area contributed by atoms with Crippen molar-refractivity contribution < 1.29 is 4.52 Å². The van der Waals surface area contributed by atoms with Crippen molar-refractivity contribution in [3.8, 4) is 11.4 Å². The van der Waals surface area contributed by atoms with Gasteiger partial charge in [-0.1, -0.05) is 40.7 Å². The maximum absolute atomic E-state index is 6.10. The first kappa shape index (κ1) is 13.9. The van der Waals surface area contributed by atoms with Crippen LogP contribution < -0.4 is 5.84 Å². The first-order chi connectivity index (χ1) is 10.1. The Hall–Kier alpha value is -2.06. The van der Waals surface area contributed by atoms with Crippen molar-refractivity contribution in [1.82, 2.24) is 25.0 Å². The Morgan fingerprint density at radius 2 is 2.14 bits per heavy atom. The van der Waals surface area contributed by atoms with Gasteiger partial charge in [-0.3, -0.25) is 0 Å². The molecule has 2 N–H and O–H groups in total. The molecule has 0 aliphatic carbocycles. The number of aromatic nitrogens is 5. The van der Waals surface area contributed by atoms with Crippen LogP contribution in [0.3, 0.4) is 0 Å². The fourth-order valence-electron chi connectivity index (χ4n) is 1.64. The van der Waals surface area contributed by atoms with Crippen LogP contribution in [0.5, 0.6) is 0 Å². The van der Waals surface area contributed by atoms with Crippen molar-refractivity contribution in [3.63, 3.8) is 0 Å². The van der Waals surface area contributed by atoms with E-state index >= 15 is 0 Å². The topological polar surface area (TPSA) is 95.6 Å². The van der Waals surface area contributed by atoms with Gasteiger partial charge in [-0.2, -0.15) is 4.98 Å². The number of hydrogen-bond donors (Lipinski definition) is 1. The van der Waals surface area contributed by atoms with E-state index in [1.807, 2.05) is 18.2 Å². The van der Waals surface area contributed by atoms with Crippen molar-refractivity contribution in [2.24, 2.45) is 0 Å². The molecule has 1 aromatic carbocycles. The number of nitrogens with zero attached hydrogens (tertiary/aromatic N) is 5. The molecule has 0 spiro atoms. The molecule has 7 nitrogen and oxygen atoms in total. The Balaban J connectivity index is 1.74. The summed E-state index contributed by atoms with van der Waals surface area (Å²) in [5.74, 6) is 7.79. The highest BCUT2D eigenvalue weighted by Crippen LogP contribution is 2.26. The minimum atomic E-state index is 0.451. The summed E-state index contributed by atoms with van der Waals surface area (Å²) < 4.78 is 6.62. The maximum atomic E-state index is 6.10. The number of benzene rings is 1. The molecule has 0 saturated carbocycles. The number of nitrogens with two attached hydrogens (primary N) is 1. The summed E-state index contributed by atoms with van der Waals surface area (Å²) in [6.07, 6.45) is 0. The fourth-order valence-corrected chi connectivity index (χ4v) is 2.60. The average Bonchev–Trinajstić information content (AvgIpc) is 3.06. The zero-order valence-corrected chi connectivity index (χ0v) is 12.6. The molecule has 3 aromatic rings. The molecule has 3 rings (SSSR count). The maximum Gasteiger partial charge on any atom is 0.237 e. The van der Waals surface area contributed by atoms with E-state index in [0.717, 1.165) is 5.56 Å². The lowest BCUT2D eigenvalue weighted by molar-refractivity contribution is 0.391. The van der Waals surface area contributed by atoms with Crippen LogP contribution in [0.4, 0.5) is 0 Å². The molecule has 108 valence electrons. The Labute approximate surface area is 129 Å². The monoisotopic (exact) mass is 322 g/mol. The second kappa shape index (κ2) is 5.74. The molecule has 0 fully saturated rings. The molecular weight excluding hydrogens is 312 g/mol. The van der Waals surface area contributed by atoms with E-state index in [-0.39, 0.29) is 0 Å². The van der Waals surface area contributed by atoms with Gasteiger partial charge in [0.2, 0.25) is 16.9 Å². The number of rotatable bonds is 4. The zero-order chi connectivity index (χ0) is 14.8. The third-order valence-electron chi connectivity index (χ3n) is 2.74. The molecule has 9 heteroatoms. The molecule has 0 amide bonds. The molecule has 0 unspecified atom stereocenters. The summed E-state index contributed by atoms with van der Waals surface area (Å²) in [4.78, 5) is 4.31. The molecule has 21 heavy (non-hydrogen) atoms. The summed E-state index contributed by atoms with van der Waals surface area (Å²) in [5, 5.41) is 12.9. The van der Waals surface area contributed by atoms with Gasteiger partial charge in [-0.25, -0.2) is 4.68 Å². The van der Waals surface area contributed by atoms with Crippen LogP contribution in [0.15, 0.2) is 33.9 Å². The summed E-state index contributed by atoms with van der Waals surface area (Å²) in [6.45, 7) is 1.78. The minimum absolute atomic E-state index is 0.451. The van der Waals surface area contributed by atoms with E-state index in [2.05, 4.69) is 20.3 Å². The van der Waals surface area contributed by atoms with E-state index in [4.69, 9.17) is 22.0 Å². The molecule has 0 bridgehead atoms. The third kappa shape index (κ3) is 2.86. The van der Waals surface area contributed by atoms with Gasteiger partial charge in [-0.05, 0) is 19.1 Å². The van der Waals surface area contributed by atoms with Crippen LogP contribution >= 0.6 is 23.4 Å². The van der Waals surface area contributed by atoms with Gasteiger partial charge in [0.05, 0.1) is 10.8 Å². The van der Waals surface area contributed by atoms with E-state index in [0.29, 0.717) is 33.5 Å². The van der Waals surface area contributed by atoms with Crippen molar-refractivity contribution in [3.05, 3.63) is 41.0 Å². The SMILES string of the molecule is Cc1nnc(SCc2nc(-c3ccccc3Cl)no2)n1N. The van der Waals surface area contributed by atoms with Gasteiger partial charge in [-0.15, -0.1) is 10.2 Å². The second-order valence-corrected chi connectivity index (χ2v) is 5.53. The first-order valence-electron chi connectivity index (χ1n) is 6.02. The Morgan fingerprint density at radius 1 is 1.33 bits per heavy atom. The highest BCUT2D eigenvalue weighted by molar-refractivity contribution is 7.98. The average molecular weight is 323 g/mol. The molecule has 0 atom stereocenters. The summed E-state index contributed by atoms with van der Waals surface area (Å²) in [5.41, 5.74) is 0.733.